The van der Waals surface area contributed by atoms with Crippen molar-refractivity contribution in [1.29, 1.82) is 0 Å². The van der Waals surface area contributed by atoms with E-state index in [2.05, 4.69) is 4.84 Å². The molecule has 0 saturated heterocycles. The van der Waals surface area contributed by atoms with Crippen molar-refractivity contribution < 1.29 is 37.0 Å². The van der Waals surface area contributed by atoms with Crippen LogP contribution < -0.4 is 4.74 Å². The van der Waals surface area contributed by atoms with Crippen molar-refractivity contribution in [3.05, 3.63) is 99.4 Å². The normalized spacial score (nSPS) is 14.3. The Kier molecular flexibility index (Phi) is 6.56. The van der Waals surface area contributed by atoms with Crippen LogP contribution in [0.1, 0.15) is 34.3 Å². The summed E-state index contributed by atoms with van der Waals surface area (Å²) in [6.45, 7) is 0.168. The van der Waals surface area contributed by atoms with E-state index in [1.807, 2.05) is 0 Å². The molecule has 0 spiro atoms. The number of ketones is 1. The van der Waals surface area contributed by atoms with E-state index in [4.69, 9.17) is 4.74 Å². The summed E-state index contributed by atoms with van der Waals surface area (Å²) in [4.78, 5) is 29.2. The van der Waals surface area contributed by atoms with Crippen LogP contribution in [0.25, 0.3) is 20.5 Å². The zero-order valence-corrected chi connectivity index (χ0v) is 20.4. The molecule has 1 fully saturated rings. The minimum Gasteiger partial charge on any atom is -0.493 e. The summed E-state index contributed by atoms with van der Waals surface area (Å²) in [6, 6.07) is 14.7. The molecule has 1 heterocycles. The van der Waals surface area contributed by atoms with Gasteiger partial charge in [-0.25, -0.2) is 4.39 Å². The summed E-state index contributed by atoms with van der Waals surface area (Å²) >= 11 is 1.27. The Balaban J connectivity index is 1.49. The van der Waals surface area contributed by atoms with Gasteiger partial charge in [0.05, 0.1) is 12.2 Å². The molecule has 38 heavy (non-hydrogen) atoms. The molecule has 0 radical (unpaired) electrons. The van der Waals surface area contributed by atoms with E-state index in [9.17, 15) is 32.5 Å². The number of halogens is 4. The van der Waals surface area contributed by atoms with Crippen molar-refractivity contribution in [3.8, 4) is 16.2 Å². The lowest BCUT2D eigenvalue weighted by atomic mass is 9.97. The van der Waals surface area contributed by atoms with Crippen molar-refractivity contribution in [2.45, 2.75) is 19.0 Å². The second kappa shape index (κ2) is 9.71. The minimum atomic E-state index is -4.53. The van der Waals surface area contributed by atoms with Gasteiger partial charge in [0.25, 0.3) is 5.09 Å². The van der Waals surface area contributed by atoms with Crippen LogP contribution in [0.15, 0.2) is 66.7 Å². The summed E-state index contributed by atoms with van der Waals surface area (Å²) in [5, 5.41) is 10.3. The largest absolute Gasteiger partial charge is 0.493 e. The number of alkyl halides is 3. The fourth-order valence-corrected chi connectivity index (χ4v) is 5.32. The SMILES string of the molecule is O=C(c1ccc(C(F)(F)F)cc1)c1c(-c2ccc(F)cc2)sc2cc(OCC3(CO[N+](=O)[O-])CC3)ccc12. The molecule has 0 amide bonds. The molecular weight excluding hydrogens is 526 g/mol. The number of thiophene rings is 1. The molecule has 0 unspecified atom stereocenters. The highest BCUT2D eigenvalue weighted by molar-refractivity contribution is 7.22. The number of benzene rings is 3. The van der Waals surface area contributed by atoms with Gasteiger partial charge < -0.3 is 9.57 Å². The Morgan fingerprint density at radius 1 is 1.00 bits per heavy atom. The van der Waals surface area contributed by atoms with Gasteiger partial charge in [0.1, 0.15) is 18.2 Å². The molecule has 11 heteroatoms. The highest BCUT2D eigenvalue weighted by Gasteiger charge is 2.44. The average Bonchev–Trinajstić information content (AvgIpc) is 3.57. The predicted molar refractivity (Wildman–Crippen MR) is 132 cm³/mol. The lowest BCUT2D eigenvalue weighted by Gasteiger charge is -2.15. The molecule has 3 aromatic carbocycles. The Labute approximate surface area is 217 Å². The summed E-state index contributed by atoms with van der Waals surface area (Å²) < 4.78 is 59.2. The third-order valence-electron chi connectivity index (χ3n) is 6.45. The van der Waals surface area contributed by atoms with E-state index in [1.165, 1.54) is 35.6 Å². The number of carbonyl (C=O) groups is 1. The van der Waals surface area contributed by atoms with Crippen LogP contribution in [0.4, 0.5) is 17.6 Å². The van der Waals surface area contributed by atoms with Crippen LogP contribution in [-0.2, 0) is 11.0 Å². The van der Waals surface area contributed by atoms with Gasteiger partial charge in [-0.05, 0) is 60.9 Å². The third kappa shape index (κ3) is 5.33. The van der Waals surface area contributed by atoms with Gasteiger partial charge in [-0.2, -0.15) is 13.2 Å². The molecule has 6 nitrogen and oxygen atoms in total. The number of carbonyl (C=O) groups excluding carboxylic acids is 1. The van der Waals surface area contributed by atoms with E-state index >= 15 is 0 Å². The highest BCUT2D eigenvalue weighted by Crippen LogP contribution is 2.47. The van der Waals surface area contributed by atoms with E-state index in [1.54, 1.807) is 18.2 Å². The maximum atomic E-state index is 13.6. The first-order chi connectivity index (χ1) is 18.0. The van der Waals surface area contributed by atoms with E-state index < -0.39 is 33.8 Å². The van der Waals surface area contributed by atoms with Crippen molar-refractivity contribution in [1.82, 2.24) is 0 Å². The second-order valence-corrected chi connectivity index (χ2v) is 10.2. The highest BCUT2D eigenvalue weighted by atomic mass is 32.1. The molecule has 0 bridgehead atoms. The fraction of sp³-hybridized carbons (Fsp3) is 0.222. The maximum absolute atomic E-state index is 13.6. The van der Waals surface area contributed by atoms with Crippen molar-refractivity contribution in [3.63, 3.8) is 0 Å². The Bertz CT molecular complexity index is 1510. The summed E-state index contributed by atoms with van der Waals surface area (Å²) in [6.07, 6.45) is -3.05. The van der Waals surface area contributed by atoms with Gasteiger partial charge in [0, 0.05) is 31.5 Å². The quantitative estimate of drug-likeness (QED) is 0.0953. The number of fused-ring (bicyclic) bond motifs is 1. The molecular formula is C27H19F4NO5S. The number of rotatable bonds is 9. The van der Waals surface area contributed by atoms with Crippen LogP contribution in [0.5, 0.6) is 5.75 Å². The number of hydrogen-bond donors (Lipinski definition) is 0. The fourth-order valence-electron chi connectivity index (χ4n) is 4.08. The molecule has 0 N–H and O–H groups in total. The van der Waals surface area contributed by atoms with Gasteiger partial charge in [-0.1, -0.05) is 24.3 Å². The topological polar surface area (TPSA) is 78.7 Å². The van der Waals surface area contributed by atoms with Gasteiger partial charge >= 0.3 is 6.18 Å². The van der Waals surface area contributed by atoms with Crippen molar-refractivity contribution in [2.75, 3.05) is 13.2 Å². The molecule has 1 saturated carbocycles. The van der Waals surface area contributed by atoms with E-state index in [0.717, 1.165) is 37.1 Å². The zero-order chi connectivity index (χ0) is 27.1. The van der Waals surface area contributed by atoms with Crippen LogP contribution >= 0.6 is 11.3 Å². The second-order valence-electron chi connectivity index (χ2n) is 9.16. The van der Waals surface area contributed by atoms with Crippen molar-refractivity contribution >= 4 is 27.2 Å². The lowest BCUT2D eigenvalue weighted by Crippen LogP contribution is -2.21. The Morgan fingerprint density at radius 3 is 2.29 bits per heavy atom. The smallest absolute Gasteiger partial charge is 0.416 e. The summed E-state index contributed by atoms with van der Waals surface area (Å²) in [5.41, 5.74) is -0.315. The number of ether oxygens (including phenoxy) is 1. The molecule has 0 aliphatic heterocycles. The number of hydrogen-bond acceptors (Lipinski definition) is 6. The molecule has 0 atom stereocenters. The number of nitrogens with zero attached hydrogens (tertiary/aromatic N) is 1. The van der Waals surface area contributed by atoms with E-state index in [-0.39, 0.29) is 18.8 Å². The van der Waals surface area contributed by atoms with Crippen LogP contribution in [0, 0.1) is 21.3 Å². The van der Waals surface area contributed by atoms with Crippen molar-refractivity contribution in [2.24, 2.45) is 5.41 Å². The first-order valence-electron chi connectivity index (χ1n) is 11.5. The third-order valence-corrected chi connectivity index (χ3v) is 7.65. The first kappa shape index (κ1) is 25.7. The molecule has 1 aliphatic rings. The van der Waals surface area contributed by atoms with Crippen LogP contribution in [-0.4, -0.2) is 24.1 Å². The van der Waals surface area contributed by atoms with Gasteiger partial charge in [0.2, 0.25) is 0 Å². The van der Waals surface area contributed by atoms with Gasteiger partial charge in [0.15, 0.2) is 5.78 Å². The van der Waals surface area contributed by atoms with Crippen LogP contribution in [0.3, 0.4) is 0 Å². The first-order valence-corrected chi connectivity index (χ1v) is 12.3. The molecule has 1 aliphatic carbocycles. The summed E-state index contributed by atoms with van der Waals surface area (Å²) in [5.74, 6) is -0.423. The Morgan fingerprint density at radius 2 is 1.68 bits per heavy atom. The van der Waals surface area contributed by atoms with Crippen LogP contribution in [0.2, 0.25) is 0 Å². The van der Waals surface area contributed by atoms with E-state index in [0.29, 0.717) is 31.8 Å². The lowest BCUT2D eigenvalue weighted by molar-refractivity contribution is -0.760. The molecule has 4 aromatic rings. The average molecular weight is 546 g/mol. The standard InChI is InChI=1S/C27H19F4NO5S/c28-19-7-3-17(4-8-19)25-23(24(33)16-1-5-18(6-2-16)27(29,30)31)21-10-9-20(13-22(21)38-25)36-14-26(11-12-26)15-37-32(34)35/h1-10,13H,11-12,14-15H2. The zero-order valence-electron chi connectivity index (χ0n) is 19.6. The molecule has 5 rings (SSSR count). The van der Waals surface area contributed by atoms with Gasteiger partial charge in [-0.15, -0.1) is 21.5 Å². The minimum absolute atomic E-state index is 0.0538. The monoisotopic (exact) mass is 545 g/mol. The van der Waals surface area contributed by atoms with Gasteiger partial charge in [-0.3, -0.25) is 4.79 Å². The predicted octanol–water partition coefficient (Wildman–Crippen LogP) is 7.32. The summed E-state index contributed by atoms with van der Waals surface area (Å²) in [7, 11) is 0. The Hall–Kier alpha value is -3.99. The maximum Gasteiger partial charge on any atom is 0.416 e. The molecule has 196 valence electrons. The molecule has 1 aromatic heterocycles.